The second-order valence-electron chi connectivity index (χ2n) is 6.21. The molecule has 2 aromatic heterocycles. The van der Waals surface area contributed by atoms with Gasteiger partial charge in [-0.2, -0.15) is 0 Å². The van der Waals surface area contributed by atoms with Crippen LogP contribution >= 0.6 is 0 Å². The first-order chi connectivity index (χ1) is 14.0. The molecule has 10 heteroatoms. The van der Waals surface area contributed by atoms with Crippen LogP contribution in [0.1, 0.15) is 28.0 Å². The van der Waals surface area contributed by atoms with Gasteiger partial charge in [0.1, 0.15) is 18.3 Å². The zero-order valence-corrected chi connectivity index (χ0v) is 15.4. The Labute approximate surface area is 166 Å². The Kier molecular flexibility index (Phi) is 6.48. The number of anilines is 1. The number of carbonyl (C=O) groups excluding carboxylic acids is 1. The molecule has 0 bridgehead atoms. The number of amides is 1. The molecule has 0 spiro atoms. The Morgan fingerprint density at radius 1 is 1.21 bits per heavy atom. The summed E-state index contributed by atoms with van der Waals surface area (Å²) in [5.41, 5.74) is 7.22. The van der Waals surface area contributed by atoms with E-state index in [4.69, 9.17) is 10.2 Å². The molecule has 0 saturated heterocycles. The molecule has 150 valence electrons. The SMILES string of the molecule is NC(Cc1ccccc1)c1nc(C(=O)NCCNc2ccc([N+](=O)[O-])cn2)co1. The molecule has 2 heterocycles. The van der Waals surface area contributed by atoms with Gasteiger partial charge >= 0.3 is 0 Å². The van der Waals surface area contributed by atoms with Crippen molar-refractivity contribution >= 4 is 17.4 Å². The number of hydrogen-bond donors (Lipinski definition) is 3. The van der Waals surface area contributed by atoms with Gasteiger partial charge < -0.3 is 20.8 Å². The quantitative estimate of drug-likeness (QED) is 0.283. The lowest BCUT2D eigenvalue weighted by molar-refractivity contribution is -0.385. The topological polar surface area (TPSA) is 149 Å². The largest absolute Gasteiger partial charge is 0.446 e. The van der Waals surface area contributed by atoms with Gasteiger partial charge in [-0.25, -0.2) is 9.97 Å². The maximum Gasteiger partial charge on any atom is 0.287 e. The number of aromatic nitrogens is 2. The Morgan fingerprint density at radius 3 is 2.69 bits per heavy atom. The van der Waals surface area contributed by atoms with E-state index >= 15 is 0 Å². The summed E-state index contributed by atoms with van der Waals surface area (Å²) in [4.78, 5) is 30.3. The summed E-state index contributed by atoms with van der Waals surface area (Å²) in [5.74, 6) is 0.387. The average molecular weight is 396 g/mol. The summed E-state index contributed by atoms with van der Waals surface area (Å²) in [6.07, 6.45) is 2.99. The van der Waals surface area contributed by atoms with Gasteiger partial charge in [-0.05, 0) is 18.1 Å². The van der Waals surface area contributed by atoms with E-state index in [2.05, 4.69) is 20.6 Å². The number of nitrogens with one attached hydrogen (secondary N) is 2. The van der Waals surface area contributed by atoms with E-state index < -0.39 is 11.0 Å². The lowest BCUT2D eigenvalue weighted by atomic mass is 10.1. The third-order valence-corrected chi connectivity index (χ3v) is 4.05. The monoisotopic (exact) mass is 396 g/mol. The fourth-order valence-corrected chi connectivity index (χ4v) is 2.57. The van der Waals surface area contributed by atoms with Gasteiger partial charge in [-0.3, -0.25) is 14.9 Å². The van der Waals surface area contributed by atoms with Crippen LogP contribution in [0.2, 0.25) is 0 Å². The van der Waals surface area contributed by atoms with Crippen LogP contribution in [0.3, 0.4) is 0 Å². The minimum Gasteiger partial charge on any atom is -0.446 e. The van der Waals surface area contributed by atoms with E-state index in [1.54, 1.807) is 0 Å². The van der Waals surface area contributed by atoms with E-state index in [1.807, 2.05) is 30.3 Å². The number of nitrogens with two attached hydrogens (primary N) is 1. The molecule has 29 heavy (non-hydrogen) atoms. The Balaban J connectivity index is 1.44. The third-order valence-electron chi connectivity index (χ3n) is 4.05. The van der Waals surface area contributed by atoms with Crippen LogP contribution in [0, 0.1) is 10.1 Å². The molecular formula is C19H20N6O4. The molecule has 0 aliphatic carbocycles. The molecule has 4 N–H and O–H groups in total. The molecule has 0 aliphatic heterocycles. The van der Waals surface area contributed by atoms with Gasteiger partial charge in [-0.1, -0.05) is 30.3 Å². The molecule has 1 amide bonds. The Hall–Kier alpha value is -3.79. The van der Waals surface area contributed by atoms with Gasteiger partial charge in [0.2, 0.25) is 5.89 Å². The van der Waals surface area contributed by atoms with Crippen LogP contribution < -0.4 is 16.4 Å². The van der Waals surface area contributed by atoms with Crippen LogP contribution in [0.25, 0.3) is 0 Å². The summed E-state index contributed by atoms with van der Waals surface area (Å²) in [7, 11) is 0. The normalized spacial score (nSPS) is 11.6. The van der Waals surface area contributed by atoms with Gasteiger partial charge in [-0.15, -0.1) is 0 Å². The van der Waals surface area contributed by atoms with Gasteiger partial charge in [0.05, 0.1) is 11.0 Å². The number of rotatable bonds is 9. The third kappa shape index (κ3) is 5.59. The Morgan fingerprint density at radius 2 is 2.00 bits per heavy atom. The molecule has 10 nitrogen and oxygen atoms in total. The molecular weight excluding hydrogens is 376 g/mol. The second-order valence-corrected chi connectivity index (χ2v) is 6.21. The van der Waals surface area contributed by atoms with E-state index in [-0.39, 0.29) is 17.3 Å². The molecule has 1 atom stereocenters. The molecule has 0 aliphatic rings. The summed E-state index contributed by atoms with van der Waals surface area (Å²) in [5, 5.41) is 16.2. The van der Waals surface area contributed by atoms with E-state index in [0.717, 1.165) is 11.8 Å². The molecule has 1 unspecified atom stereocenters. The standard InChI is InChI=1S/C19H20N6O4/c20-15(10-13-4-2-1-3-5-13)19-24-16(12-29-19)18(26)22-9-8-21-17-7-6-14(11-23-17)25(27)28/h1-7,11-12,15H,8-10,20H2,(H,21,23)(H,22,26). The first kappa shape index (κ1) is 20.0. The highest BCUT2D eigenvalue weighted by Crippen LogP contribution is 2.16. The maximum absolute atomic E-state index is 12.2. The number of pyridine rings is 1. The van der Waals surface area contributed by atoms with Crippen LogP contribution in [0.15, 0.2) is 59.3 Å². The van der Waals surface area contributed by atoms with E-state index in [9.17, 15) is 14.9 Å². The van der Waals surface area contributed by atoms with Gasteiger partial charge in [0.25, 0.3) is 11.6 Å². The zero-order chi connectivity index (χ0) is 20.6. The minimum absolute atomic E-state index is 0.0869. The molecule has 3 rings (SSSR count). The number of carbonyl (C=O) groups is 1. The first-order valence-corrected chi connectivity index (χ1v) is 8.90. The zero-order valence-electron chi connectivity index (χ0n) is 15.4. The highest BCUT2D eigenvalue weighted by atomic mass is 16.6. The number of oxazole rings is 1. The fraction of sp³-hybridized carbons (Fsp3) is 0.211. The second kappa shape index (κ2) is 9.42. The average Bonchev–Trinajstić information content (AvgIpc) is 3.23. The van der Waals surface area contributed by atoms with Crippen molar-refractivity contribution in [3.05, 3.63) is 82.2 Å². The van der Waals surface area contributed by atoms with Crippen LogP contribution in [0.5, 0.6) is 0 Å². The summed E-state index contributed by atoms with van der Waals surface area (Å²) in [6.45, 7) is 0.685. The lowest BCUT2D eigenvalue weighted by Gasteiger charge is -2.07. The number of benzene rings is 1. The number of nitrogens with zero attached hydrogens (tertiary/aromatic N) is 3. The molecule has 0 radical (unpaired) electrons. The van der Waals surface area contributed by atoms with E-state index in [0.29, 0.717) is 31.2 Å². The predicted molar refractivity (Wildman–Crippen MR) is 105 cm³/mol. The summed E-state index contributed by atoms with van der Waals surface area (Å²) in [6, 6.07) is 12.1. The highest BCUT2D eigenvalue weighted by Gasteiger charge is 2.17. The lowest BCUT2D eigenvalue weighted by Crippen LogP contribution is -2.29. The van der Waals surface area contributed by atoms with Gasteiger partial charge in [0, 0.05) is 19.2 Å². The van der Waals surface area contributed by atoms with Crippen molar-refractivity contribution in [2.45, 2.75) is 12.5 Å². The van der Waals surface area contributed by atoms with E-state index in [1.165, 1.54) is 18.4 Å². The molecule has 3 aromatic rings. The van der Waals surface area contributed by atoms with Crippen molar-refractivity contribution in [1.82, 2.24) is 15.3 Å². The van der Waals surface area contributed by atoms with Crippen LogP contribution in [0.4, 0.5) is 11.5 Å². The van der Waals surface area contributed by atoms with Crippen molar-refractivity contribution in [3.63, 3.8) is 0 Å². The fourth-order valence-electron chi connectivity index (χ4n) is 2.57. The van der Waals surface area contributed by atoms with Crippen molar-refractivity contribution in [2.24, 2.45) is 5.73 Å². The van der Waals surface area contributed by atoms with Crippen molar-refractivity contribution in [3.8, 4) is 0 Å². The van der Waals surface area contributed by atoms with Crippen molar-refractivity contribution in [2.75, 3.05) is 18.4 Å². The molecule has 1 aromatic carbocycles. The summed E-state index contributed by atoms with van der Waals surface area (Å²) >= 11 is 0. The number of nitro groups is 1. The molecule has 0 fully saturated rings. The Bertz CT molecular complexity index is 958. The van der Waals surface area contributed by atoms with Crippen molar-refractivity contribution < 1.29 is 14.1 Å². The number of hydrogen-bond acceptors (Lipinski definition) is 8. The highest BCUT2D eigenvalue weighted by molar-refractivity contribution is 5.91. The smallest absolute Gasteiger partial charge is 0.287 e. The maximum atomic E-state index is 12.2. The summed E-state index contributed by atoms with van der Waals surface area (Å²) < 4.78 is 5.35. The first-order valence-electron chi connectivity index (χ1n) is 8.90. The van der Waals surface area contributed by atoms with Crippen LogP contribution in [-0.4, -0.2) is 33.9 Å². The van der Waals surface area contributed by atoms with Crippen molar-refractivity contribution in [1.29, 1.82) is 0 Å². The van der Waals surface area contributed by atoms with Crippen LogP contribution in [-0.2, 0) is 6.42 Å². The van der Waals surface area contributed by atoms with Gasteiger partial charge in [0.15, 0.2) is 5.69 Å². The minimum atomic E-state index is -0.519. The predicted octanol–water partition coefficient (Wildman–Crippen LogP) is 2.06. The molecule has 0 saturated carbocycles.